The van der Waals surface area contributed by atoms with Crippen molar-refractivity contribution < 1.29 is 26.3 Å². The van der Waals surface area contributed by atoms with E-state index in [4.69, 9.17) is 16.3 Å². The van der Waals surface area contributed by atoms with Gasteiger partial charge < -0.3 is 10.1 Å². The van der Waals surface area contributed by atoms with E-state index in [2.05, 4.69) is 15.3 Å². The molecule has 2 aliphatic rings. The van der Waals surface area contributed by atoms with Crippen molar-refractivity contribution in [3.63, 3.8) is 0 Å². The maximum Gasteiger partial charge on any atom is 0.416 e. The molecule has 0 aliphatic carbocycles. The van der Waals surface area contributed by atoms with Crippen LogP contribution in [0.2, 0.25) is 5.28 Å². The summed E-state index contributed by atoms with van der Waals surface area (Å²) in [5.74, 6) is 0.303. The summed E-state index contributed by atoms with van der Waals surface area (Å²) in [7, 11) is -3.71. The molecule has 1 aromatic carbocycles. The van der Waals surface area contributed by atoms with Crippen molar-refractivity contribution in [2.45, 2.75) is 32.1 Å². The summed E-state index contributed by atoms with van der Waals surface area (Å²) in [4.78, 5) is 8.46. The second-order valence-electron chi connectivity index (χ2n) is 7.86. The minimum atomic E-state index is -4.46. The molecule has 2 aliphatic heterocycles. The second kappa shape index (κ2) is 9.34. The molecule has 0 amide bonds. The molecule has 1 aromatic heterocycles. The Morgan fingerprint density at radius 1 is 1.15 bits per heavy atom. The fraction of sp³-hybridized carbons (Fsp3) is 0.500. The molecule has 3 heterocycles. The van der Waals surface area contributed by atoms with E-state index in [1.54, 1.807) is 13.0 Å². The zero-order chi connectivity index (χ0) is 23.8. The van der Waals surface area contributed by atoms with Crippen molar-refractivity contribution >= 4 is 27.6 Å². The number of nitrogens with zero attached hydrogens (tertiary/aromatic N) is 4. The minimum Gasteiger partial charge on any atom is -0.379 e. The molecule has 1 fully saturated rings. The number of hydrogen-bond acceptors (Lipinski definition) is 6. The highest BCUT2D eigenvalue weighted by molar-refractivity contribution is 7.86. The molecule has 0 spiro atoms. The Balaban J connectivity index is 1.60. The smallest absolute Gasteiger partial charge is 0.379 e. The zero-order valence-corrected chi connectivity index (χ0v) is 19.3. The first-order chi connectivity index (χ1) is 15.6. The van der Waals surface area contributed by atoms with Crippen molar-refractivity contribution in [3.8, 4) is 0 Å². The van der Waals surface area contributed by atoms with Gasteiger partial charge in [0.2, 0.25) is 5.28 Å². The van der Waals surface area contributed by atoms with Crippen molar-refractivity contribution in [1.29, 1.82) is 0 Å². The van der Waals surface area contributed by atoms with Crippen LogP contribution in [-0.4, -0.2) is 59.8 Å². The number of benzene rings is 1. The minimum absolute atomic E-state index is 0.0167. The van der Waals surface area contributed by atoms with Gasteiger partial charge in [-0.05, 0) is 36.2 Å². The monoisotopic (exact) mass is 505 g/mol. The van der Waals surface area contributed by atoms with Crippen LogP contribution >= 0.6 is 11.6 Å². The Morgan fingerprint density at radius 2 is 1.88 bits per heavy atom. The first kappa shape index (κ1) is 24.1. The molecule has 4 rings (SSSR count). The van der Waals surface area contributed by atoms with Crippen LogP contribution in [0.25, 0.3) is 0 Å². The molecule has 8 nitrogen and oxygen atoms in total. The van der Waals surface area contributed by atoms with Crippen LogP contribution in [0, 0.1) is 0 Å². The van der Waals surface area contributed by atoms with Crippen LogP contribution < -0.4 is 5.32 Å². The van der Waals surface area contributed by atoms with E-state index in [0.717, 1.165) is 12.1 Å². The first-order valence-corrected chi connectivity index (χ1v) is 12.1. The Kier molecular flexibility index (Phi) is 6.83. The average Bonchev–Trinajstić information content (AvgIpc) is 2.78. The van der Waals surface area contributed by atoms with E-state index < -0.39 is 28.0 Å². The Labute approximate surface area is 194 Å². The summed E-state index contributed by atoms with van der Waals surface area (Å²) >= 11 is 6.08. The molecule has 13 heteroatoms. The number of alkyl halides is 3. The third kappa shape index (κ3) is 5.24. The van der Waals surface area contributed by atoms with Gasteiger partial charge in [-0.1, -0.05) is 12.1 Å². The summed E-state index contributed by atoms with van der Waals surface area (Å²) in [6.45, 7) is 3.20. The topological polar surface area (TPSA) is 87.7 Å². The molecular formula is C20H23ClF3N5O3S. The number of ether oxygens (including phenoxy) is 1. The fourth-order valence-electron chi connectivity index (χ4n) is 3.89. The van der Waals surface area contributed by atoms with Gasteiger partial charge >= 0.3 is 6.18 Å². The number of fused-ring (bicyclic) bond motifs is 1. The Morgan fingerprint density at radius 3 is 2.58 bits per heavy atom. The highest BCUT2D eigenvalue weighted by Crippen LogP contribution is 2.33. The maximum atomic E-state index is 13.1. The number of anilines is 1. The number of aromatic nitrogens is 2. The molecule has 0 bridgehead atoms. The molecular weight excluding hydrogens is 483 g/mol. The van der Waals surface area contributed by atoms with Gasteiger partial charge in [0.1, 0.15) is 5.82 Å². The molecule has 33 heavy (non-hydrogen) atoms. The molecule has 1 saturated heterocycles. The van der Waals surface area contributed by atoms with Gasteiger partial charge in [0, 0.05) is 44.2 Å². The third-order valence-electron chi connectivity index (χ3n) is 5.69. The van der Waals surface area contributed by atoms with Crippen molar-refractivity contribution in [1.82, 2.24) is 18.6 Å². The van der Waals surface area contributed by atoms with E-state index in [1.807, 2.05) is 0 Å². The predicted molar refractivity (Wildman–Crippen MR) is 116 cm³/mol. The zero-order valence-electron chi connectivity index (χ0n) is 17.8. The molecule has 0 unspecified atom stereocenters. The lowest BCUT2D eigenvalue weighted by atomic mass is 10.0. The average molecular weight is 506 g/mol. The van der Waals surface area contributed by atoms with Crippen LogP contribution in [0.15, 0.2) is 24.3 Å². The quantitative estimate of drug-likeness (QED) is 0.628. The van der Waals surface area contributed by atoms with Crippen molar-refractivity contribution in [3.05, 3.63) is 51.9 Å². The lowest BCUT2D eigenvalue weighted by molar-refractivity contribution is -0.137. The van der Waals surface area contributed by atoms with E-state index in [-0.39, 0.29) is 31.5 Å². The number of halogens is 4. The van der Waals surface area contributed by atoms with Gasteiger partial charge in [0.15, 0.2) is 0 Å². The lowest BCUT2D eigenvalue weighted by Crippen LogP contribution is -2.50. The molecule has 2 aromatic rings. The van der Waals surface area contributed by atoms with Gasteiger partial charge in [-0.15, -0.1) is 0 Å². The summed E-state index contributed by atoms with van der Waals surface area (Å²) in [5.41, 5.74) is 0.824. The Bertz CT molecular complexity index is 1130. The summed E-state index contributed by atoms with van der Waals surface area (Å²) in [5, 5.41) is 3.08. The van der Waals surface area contributed by atoms with Gasteiger partial charge in [0.25, 0.3) is 10.2 Å². The maximum absolute atomic E-state index is 13.1. The van der Waals surface area contributed by atoms with Gasteiger partial charge in [-0.3, -0.25) is 0 Å². The standard InChI is InChI=1S/C20H23ClF3N5O3S/c1-13(14-3-2-4-15(11-14)20(22,23)24)25-18-16-12-29(6-5-17(16)26-19(21)27-18)33(30,31)28-7-9-32-10-8-28/h2-4,11,13H,5-10,12H2,1H3,(H,25,26,27)/t13-/m1/s1. The Hall–Kier alpha value is -1.99. The largest absolute Gasteiger partial charge is 0.416 e. The van der Waals surface area contributed by atoms with Crippen molar-refractivity contribution in [2.75, 3.05) is 38.2 Å². The highest BCUT2D eigenvalue weighted by Gasteiger charge is 2.35. The molecule has 180 valence electrons. The molecule has 1 atom stereocenters. The predicted octanol–water partition coefficient (Wildman–Crippen LogP) is 3.26. The number of hydrogen-bond donors (Lipinski definition) is 1. The highest BCUT2D eigenvalue weighted by atomic mass is 35.5. The molecule has 0 radical (unpaired) electrons. The number of rotatable bonds is 5. The normalized spacial score (nSPS) is 19.2. The van der Waals surface area contributed by atoms with Gasteiger partial charge in [-0.2, -0.15) is 30.2 Å². The van der Waals surface area contributed by atoms with Crippen molar-refractivity contribution in [2.24, 2.45) is 0 Å². The second-order valence-corrected chi connectivity index (χ2v) is 10.1. The number of nitrogens with one attached hydrogen (secondary N) is 1. The van der Waals surface area contributed by atoms with Crippen LogP contribution in [0.3, 0.4) is 0 Å². The third-order valence-corrected chi connectivity index (χ3v) is 7.84. The fourth-order valence-corrected chi connectivity index (χ4v) is 5.63. The van der Waals surface area contributed by atoms with Gasteiger partial charge in [0.05, 0.1) is 24.5 Å². The SMILES string of the molecule is C[C@@H](Nc1nc(Cl)nc2c1CN(S(=O)(=O)N1CCOCC1)CC2)c1cccc(C(F)(F)F)c1. The first-order valence-electron chi connectivity index (χ1n) is 10.4. The number of morpholine rings is 1. The van der Waals surface area contributed by atoms with E-state index >= 15 is 0 Å². The van der Waals surface area contributed by atoms with Crippen LogP contribution in [0.5, 0.6) is 0 Å². The van der Waals surface area contributed by atoms with Crippen LogP contribution in [-0.2, 0) is 34.1 Å². The van der Waals surface area contributed by atoms with E-state index in [9.17, 15) is 21.6 Å². The summed E-state index contributed by atoms with van der Waals surface area (Å²) < 4.78 is 73.5. The molecule has 1 N–H and O–H groups in total. The summed E-state index contributed by atoms with van der Waals surface area (Å²) in [6, 6.07) is 4.46. The van der Waals surface area contributed by atoms with Gasteiger partial charge in [-0.25, -0.2) is 9.97 Å². The lowest BCUT2D eigenvalue weighted by Gasteiger charge is -2.35. The van der Waals surface area contributed by atoms with E-state index in [1.165, 1.54) is 14.7 Å². The van der Waals surface area contributed by atoms with Crippen LogP contribution in [0.1, 0.15) is 35.3 Å². The summed E-state index contributed by atoms with van der Waals surface area (Å²) in [6.07, 6.45) is -4.12. The van der Waals surface area contributed by atoms with Crippen LogP contribution in [0.4, 0.5) is 19.0 Å². The van der Waals surface area contributed by atoms with E-state index in [0.29, 0.717) is 42.3 Å². The molecule has 0 saturated carbocycles.